The summed E-state index contributed by atoms with van der Waals surface area (Å²) in [5.74, 6) is 0. The maximum absolute atomic E-state index is 12.1. The Balaban J connectivity index is 2.20. The lowest BCUT2D eigenvalue weighted by Gasteiger charge is -2.08. The molecule has 0 saturated carbocycles. The van der Waals surface area contributed by atoms with Crippen molar-refractivity contribution in [1.29, 1.82) is 0 Å². The predicted molar refractivity (Wildman–Crippen MR) is 64.9 cm³/mol. The topological polar surface area (TPSA) is 98.2 Å². The van der Waals surface area contributed by atoms with Crippen LogP contribution in [0.4, 0.5) is 0 Å². The van der Waals surface area contributed by atoms with E-state index in [4.69, 9.17) is 10.2 Å². The molecule has 18 heavy (non-hydrogen) atoms. The zero-order valence-corrected chi connectivity index (χ0v) is 10.4. The van der Waals surface area contributed by atoms with Crippen LogP contribution in [0.5, 0.6) is 0 Å². The van der Waals surface area contributed by atoms with E-state index in [1.54, 1.807) is 12.1 Å². The molecule has 0 spiro atoms. The SMILES string of the molecule is NCc1ncccc1S(=O)(=O)NCc1ccoc1. The highest BCUT2D eigenvalue weighted by Gasteiger charge is 2.18. The molecule has 0 aliphatic carbocycles. The van der Waals surface area contributed by atoms with Gasteiger partial charge >= 0.3 is 0 Å². The molecule has 2 aromatic heterocycles. The number of furan rings is 1. The predicted octanol–water partition coefficient (Wildman–Crippen LogP) is 0.612. The van der Waals surface area contributed by atoms with E-state index >= 15 is 0 Å². The van der Waals surface area contributed by atoms with Crippen molar-refractivity contribution in [2.45, 2.75) is 18.0 Å². The van der Waals surface area contributed by atoms with E-state index in [9.17, 15) is 8.42 Å². The van der Waals surface area contributed by atoms with Crippen molar-refractivity contribution in [2.24, 2.45) is 5.73 Å². The van der Waals surface area contributed by atoms with E-state index in [1.165, 1.54) is 24.8 Å². The average Bonchev–Trinajstić information content (AvgIpc) is 2.89. The molecule has 0 bridgehead atoms. The van der Waals surface area contributed by atoms with Crippen molar-refractivity contribution in [2.75, 3.05) is 0 Å². The zero-order chi connectivity index (χ0) is 13.0. The molecule has 0 saturated heterocycles. The van der Waals surface area contributed by atoms with Gasteiger partial charge in [-0.25, -0.2) is 13.1 Å². The molecule has 0 aliphatic heterocycles. The molecule has 0 fully saturated rings. The first kappa shape index (κ1) is 12.7. The monoisotopic (exact) mass is 267 g/mol. The van der Waals surface area contributed by atoms with Gasteiger partial charge in [0.1, 0.15) is 4.90 Å². The molecule has 96 valence electrons. The van der Waals surface area contributed by atoms with Gasteiger partial charge in [-0.1, -0.05) is 0 Å². The summed E-state index contributed by atoms with van der Waals surface area (Å²) < 4.78 is 31.5. The van der Waals surface area contributed by atoms with Crippen molar-refractivity contribution in [1.82, 2.24) is 9.71 Å². The third-order valence-corrected chi connectivity index (χ3v) is 3.85. The molecule has 0 unspecified atom stereocenters. The first-order valence-corrected chi connectivity index (χ1v) is 6.76. The second kappa shape index (κ2) is 5.30. The van der Waals surface area contributed by atoms with Crippen LogP contribution >= 0.6 is 0 Å². The Morgan fingerprint density at radius 3 is 2.89 bits per heavy atom. The second-order valence-electron chi connectivity index (χ2n) is 3.61. The van der Waals surface area contributed by atoms with Gasteiger partial charge in [0.05, 0.1) is 18.2 Å². The molecule has 7 heteroatoms. The highest BCUT2D eigenvalue weighted by Crippen LogP contribution is 2.13. The number of sulfonamides is 1. The summed E-state index contributed by atoms with van der Waals surface area (Å²) in [6.45, 7) is 0.237. The van der Waals surface area contributed by atoms with Crippen LogP contribution in [0, 0.1) is 0 Å². The first-order chi connectivity index (χ1) is 8.63. The highest BCUT2D eigenvalue weighted by molar-refractivity contribution is 7.89. The van der Waals surface area contributed by atoms with Crippen LogP contribution in [0.2, 0.25) is 0 Å². The largest absolute Gasteiger partial charge is 0.472 e. The minimum atomic E-state index is -3.61. The van der Waals surface area contributed by atoms with Crippen molar-refractivity contribution in [3.05, 3.63) is 48.2 Å². The number of hydrogen-bond acceptors (Lipinski definition) is 5. The molecule has 0 amide bonds. The van der Waals surface area contributed by atoms with E-state index in [0.29, 0.717) is 5.69 Å². The van der Waals surface area contributed by atoms with Gasteiger partial charge < -0.3 is 10.2 Å². The fourth-order valence-corrected chi connectivity index (χ4v) is 2.69. The van der Waals surface area contributed by atoms with E-state index in [-0.39, 0.29) is 18.0 Å². The minimum Gasteiger partial charge on any atom is -0.472 e. The van der Waals surface area contributed by atoms with E-state index in [0.717, 1.165) is 5.56 Å². The summed E-state index contributed by atoms with van der Waals surface area (Å²) >= 11 is 0. The summed E-state index contributed by atoms with van der Waals surface area (Å²) in [4.78, 5) is 4.05. The van der Waals surface area contributed by atoms with Gasteiger partial charge in [-0.05, 0) is 18.2 Å². The fourth-order valence-electron chi connectivity index (χ4n) is 1.47. The number of pyridine rings is 1. The molecule has 0 aliphatic rings. The van der Waals surface area contributed by atoms with Gasteiger partial charge in [0.25, 0.3) is 0 Å². The normalized spacial score (nSPS) is 11.6. The standard InChI is InChI=1S/C11H13N3O3S/c12-6-10-11(2-1-4-13-10)18(15,16)14-7-9-3-5-17-8-9/h1-5,8,14H,6-7,12H2. The number of aromatic nitrogens is 1. The van der Waals surface area contributed by atoms with Crippen LogP contribution in [0.1, 0.15) is 11.3 Å². The Morgan fingerprint density at radius 2 is 2.22 bits per heavy atom. The quantitative estimate of drug-likeness (QED) is 0.827. The molecular weight excluding hydrogens is 254 g/mol. The Labute approximate surface area is 105 Å². The lowest BCUT2D eigenvalue weighted by atomic mass is 10.3. The maximum Gasteiger partial charge on any atom is 0.242 e. The molecule has 0 radical (unpaired) electrons. The summed E-state index contributed by atoms with van der Waals surface area (Å²) in [6, 6.07) is 4.73. The maximum atomic E-state index is 12.1. The lowest BCUT2D eigenvalue weighted by Crippen LogP contribution is -2.25. The summed E-state index contributed by atoms with van der Waals surface area (Å²) in [7, 11) is -3.61. The molecule has 3 N–H and O–H groups in total. The average molecular weight is 267 g/mol. The van der Waals surface area contributed by atoms with Crippen LogP contribution in [0.25, 0.3) is 0 Å². The third kappa shape index (κ3) is 2.76. The van der Waals surface area contributed by atoms with Gasteiger partial charge in [-0.15, -0.1) is 0 Å². The molecule has 2 heterocycles. The lowest BCUT2D eigenvalue weighted by molar-refractivity contribution is 0.561. The summed E-state index contributed by atoms with van der Waals surface area (Å²) in [5, 5.41) is 0. The molecule has 6 nitrogen and oxygen atoms in total. The number of nitrogens with two attached hydrogens (primary N) is 1. The third-order valence-electron chi connectivity index (χ3n) is 2.38. The van der Waals surface area contributed by atoms with E-state index in [1.807, 2.05) is 0 Å². The zero-order valence-electron chi connectivity index (χ0n) is 9.54. The number of nitrogens with zero attached hydrogens (tertiary/aromatic N) is 1. The molecular formula is C11H13N3O3S. The van der Waals surface area contributed by atoms with Gasteiger partial charge in [0, 0.05) is 24.8 Å². The Kier molecular flexibility index (Phi) is 3.75. The minimum absolute atomic E-state index is 0.0722. The molecule has 2 rings (SSSR count). The fraction of sp³-hybridized carbons (Fsp3) is 0.182. The Morgan fingerprint density at radius 1 is 1.39 bits per heavy atom. The molecule has 0 aromatic carbocycles. The number of nitrogens with one attached hydrogen (secondary N) is 1. The van der Waals surface area contributed by atoms with Crippen LogP contribution in [0.3, 0.4) is 0 Å². The second-order valence-corrected chi connectivity index (χ2v) is 5.34. The Bertz CT molecular complexity index is 608. The number of rotatable bonds is 5. The van der Waals surface area contributed by atoms with Crippen LogP contribution in [-0.4, -0.2) is 13.4 Å². The van der Waals surface area contributed by atoms with E-state index < -0.39 is 10.0 Å². The first-order valence-electron chi connectivity index (χ1n) is 5.28. The molecule has 0 atom stereocenters. The van der Waals surface area contributed by atoms with Crippen LogP contribution < -0.4 is 10.5 Å². The van der Waals surface area contributed by atoms with Gasteiger partial charge in [-0.2, -0.15) is 0 Å². The highest BCUT2D eigenvalue weighted by atomic mass is 32.2. The van der Waals surface area contributed by atoms with Crippen LogP contribution in [-0.2, 0) is 23.1 Å². The summed E-state index contributed by atoms with van der Waals surface area (Å²) in [6.07, 6.45) is 4.48. The summed E-state index contributed by atoms with van der Waals surface area (Å²) in [5.41, 5.74) is 6.56. The smallest absolute Gasteiger partial charge is 0.242 e. The van der Waals surface area contributed by atoms with Crippen molar-refractivity contribution >= 4 is 10.0 Å². The number of hydrogen-bond donors (Lipinski definition) is 2. The van der Waals surface area contributed by atoms with Crippen molar-refractivity contribution in [3.8, 4) is 0 Å². The van der Waals surface area contributed by atoms with Crippen LogP contribution in [0.15, 0.2) is 46.2 Å². The van der Waals surface area contributed by atoms with Gasteiger partial charge in [0.2, 0.25) is 10.0 Å². The Hall–Kier alpha value is -1.70. The van der Waals surface area contributed by atoms with E-state index in [2.05, 4.69) is 9.71 Å². The van der Waals surface area contributed by atoms with Crippen molar-refractivity contribution in [3.63, 3.8) is 0 Å². The molecule has 2 aromatic rings. The van der Waals surface area contributed by atoms with Crippen molar-refractivity contribution < 1.29 is 12.8 Å². The van der Waals surface area contributed by atoms with Gasteiger partial charge in [0.15, 0.2) is 0 Å². The van der Waals surface area contributed by atoms with Gasteiger partial charge in [-0.3, -0.25) is 4.98 Å².